The van der Waals surface area contributed by atoms with Gasteiger partial charge in [-0.2, -0.15) is 0 Å². The van der Waals surface area contributed by atoms with Crippen molar-refractivity contribution in [1.82, 2.24) is 9.88 Å². The maximum absolute atomic E-state index is 5.45. The lowest BCUT2D eigenvalue weighted by atomic mass is 9.96. The lowest BCUT2D eigenvalue weighted by Gasteiger charge is -2.35. The Morgan fingerprint density at radius 1 is 1.04 bits per heavy atom. The number of ether oxygens (including phenoxy) is 1. The minimum Gasteiger partial charge on any atom is -0.379 e. The molecule has 3 heterocycles. The van der Waals surface area contributed by atoms with E-state index < -0.39 is 0 Å². The molecule has 0 aliphatic carbocycles. The first kappa shape index (κ1) is 16.1. The van der Waals surface area contributed by atoms with Gasteiger partial charge in [0.25, 0.3) is 0 Å². The van der Waals surface area contributed by atoms with Crippen LogP contribution in [0.1, 0.15) is 12.8 Å². The number of hydrogen-bond acceptors (Lipinski definition) is 5. The lowest BCUT2D eigenvalue weighted by Crippen LogP contribution is -2.42. The molecule has 128 valence electrons. The molecule has 1 aromatic heterocycles. The minimum absolute atomic E-state index is 0.827. The van der Waals surface area contributed by atoms with E-state index in [0.717, 1.165) is 51.0 Å². The molecule has 2 saturated heterocycles. The number of thiazole rings is 1. The summed E-state index contributed by atoms with van der Waals surface area (Å²) in [6, 6.07) is 10.5. The van der Waals surface area contributed by atoms with Gasteiger partial charge in [0.05, 0.1) is 18.9 Å². The second-order valence-corrected chi connectivity index (χ2v) is 7.56. The third kappa shape index (κ3) is 3.79. The number of anilines is 1. The molecule has 0 radical (unpaired) electrons. The fourth-order valence-electron chi connectivity index (χ4n) is 3.61. The summed E-state index contributed by atoms with van der Waals surface area (Å²) >= 11 is 1.78. The predicted octanol–water partition coefficient (Wildman–Crippen LogP) is 3.36. The molecule has 4 nitrogen and oxygen atoms in total. The largest absolute Gasteiger partial charge is 0.379 e. The molecule has 0 bridgehead atoms. The minimum atomic E-state index is 0.827. The summed E-state index contributed by atoms with van der Waals surface area (Å²) in [5.74, 6) is 0.827. The number of piperidine rings is 1. The van der Waals surface area contributed by atoms with Crippen LogP contribution >= 0.6 is 11.3 Å². The molecule has 24 heavy (non-hydrogen) atoms. The van der Waals surface area contributed by atoms with Crippen LogP contribution in [0.15, 0.2) is 35.7 Å². The zero-order chi connectivity index (χ0) is 16.2. The Morgan fingerprint density at radius 3 is 2.54 bits per heavy atom. The van der Waals surface area contributed by atoms with Gasteiger partial charge in [-0.25, -0.2) is 4.98 Å². The van der Waals surface area contributed by atoms with Crippen molar-refractivity contribution in [2.24, 2.45) is 5.92 Å². The maximum Gasteiger partial charge on any atom is 0.185 e. The van der Waals surface area contributed by atoms with Crippen molar-refractivity contribution in [1.29, 1.82) is 0 Å². The van der Waals surface area contributed by atoms with Crippen molar-refractivity contribution in [3.63, 3.8) is 0 Å². The summed E-state index contributed by atoms with van der Waals surface area (Å²) in [5.41, 5.74) is 2.31. The Labute approximate surface area is 148 Å². The van der Waals surface area contributed by atoms with Crippen molar-refractivity contribution in [3.05, 3.63) is 35.7 Å². The van der Waals surface area contributed by atoms with Crippen molar-refractivity contribution < 1.29 is 4.74 Å². The van der Waals surface area contributed by atoms with Crippen molar-refractivity contribution >= 4 is 16.5 Å². The Morgan fingerprint density at radius 2 is 1.79 bits per heavy atom. The second-order valence-electron chi connectivity index (χ2n) is 6.72. The van der Waals surface area contributed by atoms with E-state index in [9.17, 15) is 0 Å². The van der Waals surface area contributed by atoms with E-state index >= 15 is 0 Å². The first-order valence-electron chi connectivity index (χ1n) is 8.94. The molecule has 1 aromatic carbocycles. The summed E-state index contributed by atoms with van der Waals surface area (Å²) < 4.78 is 5.45. The Hall–Kier alpha value is -1.43. The molecule has 2 aromatic rings. The van der Waals surface area contributed by atoms with Gasteiger partial charge >= 0.3 is 0 Å². The van der Waals surface area contributed by atoms with Gasteiger partial charge < -0.3 is 9.64 Å². The standard InChI is InChI=1S/C19H25N3OS/c1-2-4-17(5-3-1)18-15-24-19(20-18)22-8-6-16(7-9-22)14-21-10-12-23-13-11-21/h1-5,15-16H,6-14H2. The van der Waals surface area contributed by atoms with Crippen LogP contribution in [-0.4, -0.2) is 55.8 Å². The monoisotopic (exact) mass is 343 g/mol. The van der Waals surface area contributed by atoms with E-state index in [4.69, 9.17) is 9.72 Å². The lowest BCUT2D eigenvalue weighted by molar-refractivity contribution is 0.0289. The predicted molar refractivity (Wildman–Crippen MR) is 99.7 cm³/mol. The molecule has 5 heteroatoms. The molecule has 0 N–H and O–H groups in total. The van der Waals surface area contributed by atoms with Gasteiger partial charge in [0.15, 0.2) is 5.13 Å². The Kier molecular flexibility index (Phi) is 5.11. The summed E-state index contributed by atoms with van der Waals surface area (Å²) in [7, 11) is 0. The highest BCUT2D eigenvalue weighted by atomic mass is 32.1. The molecule has 4 rings (SSSR count). The zero-order valence-electron chi connectivity index (χ0n) is 14.1. The highest BCUT2D eigenvalue weighted by molar-refractivity contribution is 7.14. The summed E-state index contributed by atoms with van der Waals surface area (Å²) in [6.45, 7) is 7.53. The third-order valence-electron chi connectivity index (χ3n) is 5.07. The fraction of sp³-hybridized carbons (Fsp3) is 0.526. The van der Waals surface area contributed by atoms with Gasteiger partial charge in [-0.1, -0.05) is 30.3 Å². The quantitative estimate of drug-likeness (QED) is 0.851. The first-order valence-corrected chi connectivity index (χ1v) is 9.82. The molecule has 2 fully saturated rings. The molecule has 0 spiro atoms. The number of nitrogens with zero attached hydrogens (tertiary/aromatic N) is 3. The highest BCUT2D eigenvalue weighted by Gasteiger charge is 2.24. The number of aromatic nitrogens is 1. The van der Waals surface area contributed by atoms with E-state index in [0.29, 0.717) is 0 Å². The van der Waals surface area contributed by atoms with Gasteiger partial charge in [-0.05, 0) is 18.8 Å². The van der Waals surface area contributed by atoms with Crippen molar-refractivity contribution in [2.45, 2.75) is 12.8 Å². The fourth-order valence-corrected chi connectivity index (χ4v) is 4.50. The molecule has 0 unspecified atom stereocenters. The van der Waals surface area contributed by atoms with E-state index in [1.165, 1.54) is 30.1 Å². The van der Waals surface area contributed by atoms with Crippen molar-refractivity contribution in [3.8, 4) is 11.3 Å². The van der Waals surface area contributed by atoms with Crippen LogP contribution in [0.25, 0.3) is 11.3 Å². The number of morpholine rings is 1. The molecular formula is C19H25N3OS. The van der Waals surface area contributed by atoms with Crippen LogP contribution in [0.5, 0.6) is 0 Å². The molecule has 2 aliphatic rings. The van der Waals surface area contributed by atoms with Gasteiger partial charge in [0.2, 0.25) is 0 Å². The Balaban J connectivity index is 1.32. The van der Waals surface area contributed by atoms with Crippen LogP contribution < -0.4 is 4.90 Å². The van der Waals surface area contributed by atoms with Crippen LogP contribution in [0, 0.1) is 5.92 Å². The molecular weight excluding hydrogens is 318 g/mol. The highest BCUT2D eigenvalue weighted by Crippen LogP contribution is 2.30. The van der Waals surface area contributed by atoms with Gasteiger partial charge in [0.1, 0.15) is 0 Å². The van der Waals surface area contributed by atoms with E-state index in [1.807, 2.05) is 0 Å². The van der Waals surface area contributed by atoms with E-state index in [-0.39, 0.29) is 0 Å². The molecule has 0 amide bonds. The smallest absolute Gasteiger partial charge is 0.185 e. The zero-order valence-corrected chi connectivity index (χ0v) is 14.9. The first-order chi connectivity index (χ1) is 11.9. The van der Waals surface area contributed by atoms with Crippen LogP contribution in [0.2, 0.25) is 0 Å². The molecule has 2 aliphatic heterocycles. The summed E-state index contributed by atoms with van der Waals surface area (Å²) in [4.78, 5) is 9.90. The average Bonchev–Trinajstić information content (AvgIpc) is 3.14. The molecule has 0 saturated carbocycles. The SMILES string of the molecule is c1ccc(-c2csc(N3CCC(CN4CCOCC4)CC3)n2)cc1. The third-order valence-corrected chi connectivity index (χ3v) is 5.97. The van der Waals surface area contributed by atoms with Crippen molar-refractivity contribution in [2.75, 3.05) is 50.8 Å². The van der Waals surface area contributed by atoms with Gasteiger partial charge in [-0.15, -0.1) is 11.3 Å². The second kappa shape index (κ2) is 7.64. The van der Waals surface area contributed by atoms with Crippen LogP contribution in [0.3, 0.4) is 0 Å². The van der Waals surface area contributed by atoms with Gasteiger partial charge in [-0.3, -0.25) is 4.90 Å². The van der Waals surface area contributed by atoms with E-state index in [2.05, 4.69) is 45.5 Å². The number of rotatable bonds is 4. The number of hydrogen-bond donors (Lipinski definition) is 0. The summed E-state index contributed by atoms with van der Waals surface area (Å²) in [5, 5.41) is 3.36. The topological polar surface area (TPSA) is 28.6 Å². The normalized spacial score (nSPS) is 20.4. The van der Waals surface area contributed by atoms with Crippen LogP contribution in [0.4, 0.5) is 5.13 Å². The van der Waals surface area contributed by atoms with Crippen LogP contribution in [-0.2, 0) is 4.74 Å². The maximum atomic E-state index is 5.45. The van der Waals surface area contributed by atoms with E-state index in [1.54, 1.807) is 11.3 Å². The molecule has 0 atom stereocenters. The number of benzene rings is 1. The van der Waals surface area contributed by atoms with Gasteiger partial charge in [0, 0.05) is 43.7 Å². The Bertz CT molecular complexity index is 631. The summed E-state index contributed by atoms with van der Waals surface area (Å²) in [6.07, 6.45) is 2.55. The average molecular weight is 343 g/mol.